The molecule has 6 aliphatic carbocycles. The van der Waals surface area contributed by atoms with Crippen LogP contribution in [-0.4, -0.2) is 10.8 Å². The van der Waals surface area contributed by atoms with Gasteiger partial charge in [0.2, 0.25) is 0 Å². The lowest BCUT2D eigenvalue weighted by molar-refractivity contribution is 0.105. The minimum Gasteiger partial charge on any atom is -0.0884 e. The summed E-state index contributed by atoms with van der Waals surface area (Å²) in [5.74, 6) is 5.78. The molecule has 0 aliphatic heterocycles. The second-order valence-corrected chi connectivity index (χ2v) is 15.1. The first-order valence-corrected chi connectivity index (χ1v) is 14.5. The highest BCUT2D eigenvalue weighted by Crippen LogP contribution is 2.70. The summed E-state index contributed by atoms with van der Waals surface area (Å²) in [5, 5.41) is 0.443. The Hall–Kier alpha value is -0.610. The lowest BCUT2D eigenvalue weighted by Crippen LogP contribution is -2.48. The summed E-state index contributed by atoms with van der Waals surface area (Å²) < 4.78 is 0. The minimum absolute atomic E-state index is 0.0457. The van der Waals surface area contributed by atoms with Gasteiger partial charge in [0.15, 0.2) is 0 Å². The summed E-state index contributed by atoms with van der Waals surface area (Å²) in [7, 11) is -0.0457. The van der Waals surface area contributed by atoms with Crippen molar-refractivity contribution in [1.82, 2.24) is 0 Å². The summed E-state index contributed by atoms with van der Waals surface area (Å²) >= 11 is 0. The zero-order chi connectivity index (χ0) is 20.9. The van der Waals surface area contributed by atoms with Crippen LogP contribution in [0.3, 0.4) is 0 Å². The SMILES string of the molecule is CC1CC(C)CC2CC(C1)C2P(Cc1ccccc1)C1(C)C=C2CC(C2)CC(C)C1. The van der Waals surface area contributed by atoms with Crippen LogP contribution in [0.15, 0.2) is 42.0 Å². The van der Waals surface area contributed by atoms with Gasteiger partial charge in [-0.3, -0.25) is 0 Å². The van der Waals surface area contributed by atoms with Crippen LogP contribution < -0.4 is 0 Å². The van der Waals surface area contributed by atoms with Crippen LogP contribution in [0.25, 0.3) is 0 Å². The van der Waals surface area contributed by atoms with Gasteiger partial charge in [-0.25, -0.2) is 0 Å². The van der Waals surface area contributed by atoms with Crippen LogP contribution in [0, 0.1) is 35.5 Å². The molecule has 0 nitrogen and oxygen atoms in total. The van der Waals surface area contributed by atoms with Gasteiger partial charge in [0.1, 0.15) is 0 Å². The normalized spacial score (nSPS) is 44.3. The maximum absolute atomic E-state index is 2.86. The number of rotatable bonds is 4. The van der Waals surface area contributed by atoms with E-state index in [1.54, 1.807) is 5.56 Å². The van der Waals surface area contributed by atoms with E-state index >= 15 is 0 Å². The van der Waals surface area contributed by atoms with Crippen LogP contribution in [0.1, 0.15) is 84.6 Å². The molecule has 0 spiro atoms. The van der Waals surface area contributed by atoms with Crippen molar-refractivity contribution in [2.75, 3.05) is 0 Å². The fraction of sp³-hybridized carbons (Fsp3) is 0.724. The Morgan fingerprint density at radius 1 is 0.833 bits per heavy atom. The van der Waals surface area contributed by atoms with Crippen molar-refractivity contribution in [3.63, 3.8) is 0 Å². The van der Waals surface area contributed by atoms with E-state index in [-0.39, 0.29) is 7.92 Å². The predicted octanol–water partition coefficient (Wildman–Crippen LogP) is 8.65. The first kappa shape index (κ1) is 21.2. The third kappa shape index (κ3) is 4.20. The summed E-state index contributed by atoms with van der Waals surface area (Å²) in [6.07, 6.45) is 16.0. The smallest absolute Gasteiger partial charge is 0.00663 e. The lowest BCUT2D eigenvalue weighted by atomic mass is 9.64. The molecule has 7 rings (SSSR count). The fourth-order valence-electron chi connectivity index (χ4n) is 8.18. The highest BCUT2D eigenvalue weighted by atomic mass is 31.1. The van der Waals surface area contributed by atoms with Gasteiger partial charge in [-0.05, 0) is 104 Å². The van der Waals surface area contributed by atoms with E-state index < -0.39 is 0 Å². The van der Waals surface area contributed by atoms with Gasteiger partial charge in [0.25, 0.3) is 0 Å². The molecule has 0 aromatic heterocycles. The van der Waals surface area contributed by atoms with E-state index in [1.807, 2.05) is 5.57 Å². The molecule has 7 unspecified atom stereocenters. The quantitative estimate of drug-likeness (QED) is 0.336. The predicted molar refractivity (Wildman–Crippen MR) is 132 cm³/mol. The Morgan fingerprint density at radius 3 is 2.17 bits per heavy atom. The van der Waals surface area contributed by atoms with E-state index in [0.717, 1.165) is 41.2 Å². The molecule has 7 atom stereocenters. The molecule has 0 heterocycles. The molecule has 0 N–H and O–H groups in total. The van der Waals surface area contributed by atoms with E-state index in [4.69, 9.17) is 0 Å². The number of fused-ring (bicyclic) bond motifs is 8. The monoisotopic (exact) mass is 422 g/mol. The van der Waals surface area contributed by atoms with Crippen molar-refractivity contribution < 1.29 is 0 Å². The van der Waals surface area contributed by atoms with Gasteiger partial charge in [0, 0.05) is 5.16 Å². The van der Waals surface area contributed by atoms with Gasteiger partial charge in [-0.2, -0.15) is 0 Å². The van der Waals surface area contributed by atoms with E-state index in [2.05, 4.69) is 64.1 Å². The molecular formula is C29H43P. The molecule has 4 bridgehead atoms. The average Bonchev–Trinajstić information content (AvgIpc) is 2.62. The minimum atomic E-state index is -0.0457. The van der Waals surface area contributed by atoms with Crippen molar-refractivity contribution in [1.29, 1.82) is 0 Å². The molecule has 164 valence electrons. The summed E-state index contributed by atoms with van der Waals surface area (Å²) in [5.41, 5.74) is 4.43. The van der Waals surface area contributed by atoms with Crippen LogP contribution in [-0.2, 0) is 6.16 Å². The highest BCUT2D eigenvalue weighted by Gasteiger charge is 2.52. The molecule has 30 heavy (non-hydrogen) atoms. The topological polar surface area (TPSA) is 0 Å². The maximum Gasteiger partial charge on any atom is 0.00663 e. The Morgan fingerprint density at radius 2 is 1.50 bits per heavy atom. The highest BCUT2D eigenvalue weighted by molar-refractivity contribution is 7.59. The van der Waals surface area contributed by atoms with Crippen molar-refractivity contribution in [2.24, 2.45) is 35.5 Å². The Kier molecular flexibility index (Phi) is 5.94. The number of allylic oxidation sites excluding steroid dienone is 2. The van der Waals surface area contributed by atoms with Crippen molar-refractivity contribution >= 4 is 7.92 Å². The molecule has 4 fully saturated rings. The van der Waals surface area contributed by atoms with E-state index in [9.17, 15) is 0 Å². The maximum atomic E-state index is 2.86. The molecule has 1 heteroatoms. The first-order valence-electron chi connectivity index (χ1n) is 12.9. The molecule has 0 saturated heterocycles. The van der Waals surface area contributed by atoms with Crippen LogP contribution >= 0.6 is 7.92 Å². The van der Waals surface area contributed by atoms with Crippen LogP contribution in [0.2, 0.25) is 0 Å². The van der Waals surface area contributed by atoms with Crippen LogP contribution in [0.4, 0.5) is 0 Å². The number of hydrogen-bond acceptors (Lipinski definition) is 0. The second kappa shape index (κ2) is 8.39. The number of benzene rings is 1. The zero-order valence-corrected chi connectivity index (χ0v) is 20.7. The van der Waals surface area contributed by atoms with E-state index in [0.29, 0.717) is 5.16 Å². The zero-order valence-electron chi connectivity index (χ0n) is 19.8. The molecule has 6 aliphatic rings. The molecular weight excluding hydrogens is 379 g/mol. The van der Waals surface area contributed by atoms with Crippen molar-refractivity contribution in [2.45, 2.75) is 96.0 Å². The molecule has 0 radical (unpaired) electrons. The molecule has 1 aromatic rings. The summed E-state index contributed by atoms with van der Waals surface area (Å²) in [6, 6.07) is 11.6. The van der Waals surface area contributed by atoms with Crippen LogP contribution in [0.5, 0.6) is 0 Å². The van der Waals surface area contributed by atoms with Gasteiger partial charge in [-0.1, -0.05) is 77.6 Å². The van der Waals surface area contributed by atoms with Crippen molar-refractivity contribution in [3.8, 4) is 0 Å². The summed E-state index contributed by atoms with van der Waals surface area (Å²) in [6.45, 7) is 10.4. The second-order valence-electron chi connectivity index (χ2n) is 12.3. The van der Waals surface area contributed by atoms with Gasteiger partial charge >= 0.3 is 0 Å². The third-order valence-corrected chi connectivity index (χ3v) is 13.0. The standard InChI is InChI=1S/C29H43P/c1-20-10-21(2)13-27-16-26(12-20)28(27)30(19-23-8-6-5-7-9-23)29(4)17-22(3)11-24-14-25(15-24)18-29/h5-9,18,20-22,24,26-28H,10-17,19H2,1-4H3. The number of hydrogen-bond donors (Lipinski definition) is 0. The third-order valence-electron chi connectivity index (χ3n) is 9.11. The molecule has 1 aromatic carbocycles. The molecule has 4 saturated carbocycles. The fourth-order valence-corrected chi connectivity index (χ4v) is 12.4. The van der Waals surface area contributed by atoms with E-state index in [1.165, 1.54) is 57.5 Å². The molecule has 0 amide bonds. The Bertz CT molecular complexity index is 742. The Labute approximate surface area is 187 Å². The average molecular weight is 423 g/mol. The van der Waals surface area contributed by atoms with Gasteiger partial charge in [-0.15, -0.1) is 0 Å². The van der Waals surface area contributed by atoms with Crippen molar-refractivity contribution in [3.05, 3.63) is 47.5 Å². The van der Waals surface area contributed by atoms with Gasteiger partial charge < -0.3 is 0 Å². The largest absolute Gasteiger partial charge is 0.0884 e. The van der Waals surface area contributed by atoms with Gasteiger partial charge in [0.05, 0.1) is 0 Å². The Balaban J connectivity index is 1.50. The summed E-state index contributed by atoms with van der Waals surface area (Å²) in [4.78, 5) is 0. The lowest BCUT2D eigenvalue weighted by Gasteiger charge is -2.58. The first-order chi connectivity index (χ1) is 14.4.